The Balaban J connectivity index is 1.75. The van der Waals surface area contributed by atoms with Crippen LogP contribution in [0.3, 0.4) is 0 Å². The molecule has 0 radical (unpaired) electrons. The number of rotatable bonds is 5. The standard InChI is InChI=1S/C19H26N2O/c1-13(2)10-16-17(19(16,3)4)18(22)21(15-7-8-15)12-14-6-5-9-20-11-14/h5-6,9-11,15-17H,7-8,12H2,1-4H3/t16-,17+/m0/s1. The van der Waals surface area contributed by atoms with Gasteiger partial charge in [-0.25, -0.2) is 0 Å². The molecule has 0 spiro atoms. The van der Waals surface area contributed by atoms with Crippen molar-refractivity contribution >= 4 is 5.91 Å². The zero-order chi connectivity index (χ0) is 15.9. The van der Waals surface area contributed by atoms with Crippen molar-refractivity contribution in [1.29, 1.82) is 0 Å². The first-order valence-electron chi connectivity index (χ1n) is 8.25. The quantitative estimate of drug-likeness (QED) is 0.774. The number of hydrogen-bond donors (Lipinski definition) is 0. The van der Waals surface area contributed by atoms with Gasteiger partial charge in [0.2, 0.25) is 5.91 Å². The van der Waals surface area contributed by atoms with E-state index in [0.717, 1.165) is 18.4 Å². The monoisotopic (exact) mass is 298 g/mol. The summed E-state index contributed by atoms with van der Waals surface area (Å²) in [6.45, 7) is 9.36. The maximum absolute atomic E-state index is 13.1. The van der Waals surface area contributed by atoms with Crippen LogP contribution in [0.2, 0.25) is 0 Å². The number of carbonyl (C=O) groups excluding carboxylic acids is 1. The number of carbonyl (C=O) groups is 1. The predicted octanol–water partition coefficient (Wildman–Crippen LogP) is 3.81. The fraction of sp³-hybridized carbons (Fsp3) is 0.579. The molecular formula is C19H26N2O. The molecule has 1 aromatic heterocycles. The van der Waals surface area contributed by atoms with E-state index in [-0.39, 0.29) is 11.3 Å². The van der Waals surface area contributed by atoms with Gasteiger partial charge >= 0.3 is 0 Å². The molecule has 0 bridgehead atoms. The average molecular weight is 298 g/mol. The third-order valence-corrected chi connectivity index (χ3v) is 5.04. The predicted molar refractivity (Wildman–Crippen MR) is 88.0 cm³/mol. The van der Waals surface area contributed by atoms with Crippen molar-refractivity contribution in [3.63, 3.8) is 0 Å². The van der Waals surface area contributed by atoms with Crippen LogP contribution in [0.5, 0.6) is 0 Å². The van der Waals surface area contributed by atoms with Crippen molar-refractivity contribution in [1.82, 2.24) is 9.88 Å². The van der Waals surface area contributed by atoms with E-state index in [2.05, 4.69) is 49.7 Å². The summed E-state index contributed by atoms with van der Waals surface area (Å²) in [6.07, 6.45) is 8.21. The van der Waals surface area contributed by atoms with Crippen molar-refractivity contribution in [3.8, 4) is 0 Å². The molecule has 1 aromatic rings. The Morgan fingerprint density at radius 3 is 2.68 bits per heavy atom. The molecule has 0 unspecified atom stereocenters. The van der Waals surface area contributed by atoms with Gasteiger partial charge in [0, 0.05) is 25.0 Å². The Morgan fingerprint density at radius 1 is 1.41 bits per heavy atom. The first-order chi connectivity index (χ1) is 10.4. The van der Waals surface area contributed by atoms with Gasteiger partial charge in [0.05, 0.1) is 5.92 Å². The smallest absolute Gasteiger partial charge is 0.227 e. The molecule has 2 saturated carbocycles. The molecule has 0 aromatic carbocycles. The van der Waals surface area contributed by atoms with Crippen LogP contribution in [0.1, 0.15) is 46.1 Å². The molecule has 118 valence electrons. The van der Waals surface area contributed by atoms with Crippen LogP contribution < -0.4 is 0 Å². The molecule has 22 heavy (non-hydrogen) atoms. The Kier molecular flexibility index (Phi) is 3.84. The highest BCUT2D eigenvalue weighted by Gasteiger charge is 2.61. The zero-order valence-corrected chi connectivity index (χ0v) is 14.0. The second-order valence-corrected chi connectivity index (χ2v) is 7.63. The van der Waals surface area contributed by atoms with Gasteiger partial charge in [0.25, 0.3) is 0 Å². The summed E-state index contributed by atoms with van der Waals surface area (Å²) in [7, 11) is 0. The van der Waals surface area contributed by atoms with E-state index in [1.165, 1.54) is 5.57 Å². The van der Waals surface area contributed by atoms with Gasteiger partial charge in [0.15, 0.2) is 0 Å². The van der Waals surface area contributed by atoms with Crippen LogP contribution in [0, 0.1) is 17.3 Å². The molecule has 0 aliphatic heterocycles. The largest absolute Gasteiger partial charge is 0.335 e. The van der Waals surface area contributed by atoms with E-state index >= 15 is 0 Å². The fourth-order valence-corrected chi connectivity index (χ4v) is 3.46. The maximum Gasteiger partial charge on any atom is 0.227 e. The van der Waals surface area contributed by atoms with E-state index in [1.54, 1.807) is 6.20 Å². The van der Waals surface area contributed by atoms with Gasteiger partial charge in [-0.1, -0.05) is 31.6 Å². The normalized spacial score (nSPS) is 25.5. The lowest BCUT2D eigenvalue weighted by molar-refractivity contribution is -0.134. The molecule has 0 saturated heterocycles. The lowest BCUT2D eigenvalue weighted by Gasteiger charge is -2.23. The van der Waals surface area contributed by atoms with Crippen molar-refractivity contribution in [2.75, 3.05) is 0 Å². The summed E-state index contributed by atoms with van der Waals surface area (Å²) in [4.78, 5) is 19.3. The number of allylic oxidation sites excluding steroid dienone is 2. The average Bonchev–Trinajstić information content (AvgIpc) is 3.35. The molecule has 2 aliphatic rings. The highest BCUT2D eigenvalue weighted by atomic mass is 16.2. The summed E-state index contributed by atoms with van der Waals surface area (Å²) in [6, 6.07) is 4.44. The highest BCUT2D eigenvalue weighted by Crippen LogP contribution is 2.60. The van der Waals surface area contributed by atoms with Gasteiger partial charge in [-0.15, -0.1) is 0 Å². The first kappa shape index (κ1) is 15.3. The van der Waals surface area contributed by atoms with E-state index in [4.69, 9.17) is 0 Å². The molecular weight excluding hydrogens is 272 g/mol. The van der Waals surface area contributed by atoms with Gasteiger partial charge in [-0.2, -0.15) is 0 Å². The number of amides is 1. The van der Waals surface area contributed by atoms with Crippen molar-refractivity contribution in [3.05, 3.63) is 41.7 Å². The van der Waals surface area contributed by atoms with E-state index in [0.29, 0.717) is 24.4 Å². The molecule has 3 rings (SSSR count). The Morgan fingerprint density at radius 2 is 2.14 bits per heavy atom. The molecule has 1 amide bonds. The molecule has 2 atom stereocenters. The Labute approximate surface area is 133 Å². The van der Waals surface area contributed by atoms with Crippen LogP contribution in [-0.2, 0) is 11.3 Å². The lowest BCUT2D eigenvalue weighted by Crippen LogP contribution is -2.35. The topological polar surface area (TPSA) is 33.2 Å². The van der Waals surface area contributed by atoms with Gasteiger partial charge in [-0.05, 0) is 49.7 Å². The second-order valence-electron chi connectivity index (χ2n) is 7.63. The minimum Gasteiger partial charge on any atom is -0.335 e. The van der Waals surface area contributed by atoms with Gasteiger partial charge in [-0.3, -0.25) is 9.78 Å². The fourth-order valence-electron chi connectivity index (χ4n) is 3.46. The van der Waals surface area contributed by atoms with E-state index in [1.807, 2.05) is 12.3 Å². The molecule has 2 aliphatic carbocycles. The molecule has 0 N–H and O–H groups in total. The number of pyridine rings is 1. The zero-order valence-electron chi connectivity index (χ0n) is 14.0. The van der Waals surface area contributed by atoms with Crippen molar-refractivity contribution in [2.24, 2.45) is 17.3 Å². The minimum absolute atomic E-state index is 0.0937. The van der Waals surface area contributed by atoms with Crippen molar-refractivity contribution in [2.45, 2.75) is 53.1 Å². The molecule has 1 heterocycles. The SMILES string of the molecule is CC(C)=C[C@H]1[C@H](C(=O)N(Cc2cccnc2)C2CC2)C1(C)C. The first-order valence-corrected chi connectivity index (χ1v) is 8.25. The Hall–Kier alpha value is -1.64. The third-order valence-electron chi connectivity index (χ3n) is 5.04. The second kappa shape index (κ2) is 5.53. The summed E-state index contributed by atoms with van der Waals surface area (Å²) >= 11 is 0. The summed E-state index contributed by atoms with van der Waals surface area (Å²) < 4.78 is 0. The summed E-state index contributed by atoms with van der Waals surface area (Å²) in [5.74, 6) is 0.860. The van der Waals surface area contributed by atoms with Crippen LogP contribution in [0.25, 0.3) is 0 Å². The minimum atomic E-state index is 0.0937. The lowest BCUT2D eigenvalue weighted by atomic mass is 10.1. The van der Waals surface area contributed by atoms with E-state index < -0.39 is 0 Å². The van der Waals surface area contributed by atoms with Crippen LogP contribution >= 0.6 is 0 Å². The van der Waals surface area contributed by atoms with Gasteiger partial charge < -0.3 is 4.90 Å². The van der Waals surface area contributed by atoms with Gasteiger partial charge in [0.1, 0.15) is 0 Å². The molecule has 3 nitrogen and oxygen atoms in total. The van der Waals surface area contributed by atoms with Crippen LogP contribution in [-0.4, -0.2) is 21.8 Å². The van der Waals surface area contributed by atoms with Crippen molar-refractivity contribution < 1.29 is 4.79 Å². The number of hydrogen-bond acceptors (Lipinski definition) is 2. The van der Waals surface area contributed by atoms with Crippen LogP contribution in [0.15, 0.2) is 36.2 Å². The van der Waals surface area contributed by atoms with E-state index in [9.17, 15) is 4.79 Å². The Bertz CT molecular complexity index is 583. The maximum atomic E-state index is 13.1. The highest BCUT2D eigenvalue weighted by molar-refractivity contribution is 5.84. The van der Waals surface area contributed by atoms with Crippen LogP contribution in [0.4, 0.5) is 0 Å². The number of nitrogens with zero attached hydrogens (tertiary/aromatic N) is 2. The molecule has 3 heteroatoms. The molecule has 2 fully saturated rings. The third kappa shape index (κ3) is 2.94. The summed E-state index contributed by atoms with van der Waals surface area (Å²) in [5.41, 5.74) is 2.52. The number of aromatic nitrogens is 1. The summed E-state index contributed by atoms with van der Waals surface area (Å²) in [5, 5.41) is 0.